The highest BCUT2D eigenvalue weighted by atomic mass is 16.6. The first-order valence-electron chi connectivity index (χ1n) is 9.06. The lowest BCUT2D eigenvalue weighted by Crippen LogP contribution is -2.43. The van der Waals surface area contributed by atoms with Crippen LogP contribution in [0.25, 0.3) is 0 Å². The van der Waals surface area contributed by atoms with Gasteiger partial charge in [-0.2, -0.15) is 0 Å². The van der Waals surface area contributed by atoms with Gasteiger partial charge in [-0.15, -0.1) is 0 Å². The second-order valence-corrected chi connectivity index (χ2v) is 8.62. The van der Waals surface area contributed by atoms with E-state index in [2.05, 4.69) is 15.1 Å². The highest BCUT2D eigenvalue weighted by molar-refractivity contribution is 5.72. The summed E-state index contributed by atoms with van der Waals surface area (Å²) in [5, 5.41) is 12.5. The first-order valence-corrected chi connectivity index (χ1v) is 9.06. The van der Waals surface area contributed by atoms with E-state index in [1.54, 1.807) is 0 Å². The fourth-order valence-electron chi connectivity index (χ4n) is 3.05. The fourth-order valence-corrected chi connectivity index (χ4v) is 3.05. The molecule has 146 valence electrons. The summed E-state index contributed by atoms with van der Waals surface area (Å²) in [7, 11) is 0. The second-order valence-electron chi connectivity index (χ2n) is 8.62. The molecule has 0 aromatic heterocycles. The van der Waals surface area contributed by atoms with Gasteiger partial charge in [0.2, 0.25) is 0 Å². The molecule has 7 heteroatoms. The molecule has 1 aliphatic rings. The Balaban J connectivity index is 2.58. The molecule has 0 spiro atoms. The van der Waals surface area contributed by atoms with Crippen molar-refractivity contribution < 1.29 is 19.4 Å². The Hall–Kier alpha value is -1.18. The third-order valence-corrected chi connectivity index (χ3v) is 4.00. The van der Waals surface area contributed by atoms with E-state index in [-0.39, 0.29) is 24.3 Å². The SMILES string of the molecule is CC(C)(CC(=O)O)CN1CCNCCN(CC(=O)OC(C)(C)C)CC1. The minimum absolute atomic E-state index is 0.151. The minimum Gasteiger partial charge on any atom is -0.481 e. The summed E-state index contributed by atoms with van der Waals surface area (Å²) in [5.41, 5.74) is -0.752. The predicted molar refractivity (Wildman–Crippen MR) is 97.6 cm³/mol. The van der Waals surface area contributed by atoms with E-state index in [0.717, 1.165) is 45.8 Å². The van der Waals surface area contributed by atoms with Crippen LogP contribution < -0.4 is 5.32 Å². The Bertz CT molecular complexity index is 446. The van der Waals surface area contributed by atoms with E-state index in [1.807, 2.05) is 34.6 Å². The van der Waals surface area contributed by atoms with Gasteiger partial charge in [-0.25, -0.2) is 0 Å². The van der Waals surface area contributed by atoms with Gasteiger partial charge in [0.1, 0.15) is 5.60 Å². The molecule has 0 amide bonds. The van der Waals surface area contributed by atoms with Crippen molar-refractivity contribution in [3.8, 4) is 0 Å². The molecule has 0 unspecified atom stereocenters. The van der Waals surface area contributed by atoms with Crippen LogP contribution in [0, 0.1) is 5.41 Å². The van der Waals surface area contributed by atoms with Crippen LogP contribution in [0.15, 0.2) is 0 Å². The summed E-state index contributed by atoms with van der Waals surface area (Å²) in [6.07, 6.45) is 0.151. The standard InChI is InChI=1S/C18H35N3O4/c1-17(2,3)25-16(24)13-20-8-6-19-7-9-21(11-10-20)14-18(4,5)12-15(22)23/h19H,6-14H2,1-5H3,(H,22,23). The lowest BCUT2D eigenvalue weighted by atomic mass is 9.88. The van der Waals surface area contributed by atoms with Gasteiger partial charge in [0.05, 0.1) is 13.0 Å². The van der Waals surface area contributed by atoms with Gasteiger partial charge in [0, 0.05) is 45.8 Å². The van der Waals surface area contributed by atoms with Crippen molar-refractivity contribution >= 4 is 11.9 Å². The Morgan fingerprint density at radius 1 is 1.00 bits per heavy atom. The van der Waals surface area contributed by atoms with E-state index in [0.29, 0.717) is 0 Å². The molecule has 0 radical (unpaired) electrons. The number of carbonyl (C=O) groups is 2. The molecule has 1 saturated heterocycles. The molecule has 0 aliphatic carbocycles. The smallest absolute Gasteiger partial charge is 0.320 e. The fraction of sp³-hybridized carbons (Fsp3) is 0.889. The molecule has 25 heavy (non-hydrogen) atoms. The molecule has 2 N–H and O–H groups in total. The Morgan fingerprint density at radius 3 is 2.12 bits per heavy atom. The zero-order chi connectivity index (χ0) is 19.1. The summed E-state index contributed by atoms with van der Waals surface area (Å²) < 4.78 is 5.42. The van der Waals surface area contributed by atoms with Crippen LogP contribution in [0.1, 0.15) is 41.0 Å². The maximum Gasteiger partial charge on any atom is 0.320 e. The number of hydrogen-bond acceptors (Lipinski definition) is 6. The van der Waals surface area contributed by atoms with Gasteiger partial charge < -0.3 is 20.1 Å². The van der Waals surface area contributed by atoms with E-state index >= 15 is 0 Å². The van der Waals surface area contributed by atoms with E-state index in [1.165, 1.54) is 0 Å². The number of carboxylic acids is 1. The normalized spacial score (nSPS) is 18.9. The van der Waals surface area contributed by atoms with Crippen LogP contribution in [-0.4, -0.2) is 84.8 Å². The van der Waals surface area contributed by atoms with Gasteiger partial charge in [-0.1, -0.05) is 13.8 Å². The number of esters is 1. The van der Waals surface area contributed by atoms with Crippen molar-refractivity contribution in [1.82, 2.24) is 15.1 Å². The number of rotatable bonds is 6. The van der Waals surface area contributed by atoms with Gasteiger partial charge in [0.15, 0.2) is 0 Å². The van der Waals surface area contributed by atoms with Gasteiger partial charge in [-0.3, -0.25) is 14.5 Å². The highest BCUT2D eigenvalue weighted by Crippen LogP contribution is 2.21. The molecule has 0 atom stereocenters. The molecular weight excluding hydrogens is 322 g/mol. The maximum absolute atomic E-state index is 12.1. The third-order valence-electron chi connectivity index (χ3n) is 4.00. The van der Waals surface area contributed by atoms with Crippen molar-refractivity contribution in [1.29, 1.82) is 0 Å². The minimum atomic E-state index is -0.765. The van der Waals surface area contributed by atoms with Crippen LogP contribution in [-0.2, 0) is 14.3 Å². The molecule has 1 rings (SSSR count). The second kappa shape index (κ2) is 9.50. The first-order chi connectivity index (χ1) is 11.5. The number of carboxylic acid groups (broad SMARTS) is 1. The number of carbonyl (C=O) groups excluding carboxylic acids is 1. The molecule has 0 bridgehead atoms. The topological polar surface area (TPSA) is 82.1 Å². The van der Waals surface area contributed by atoms with Crippen molar-refractivity contribution in [2.24, 2.45) is 5.41 Å². The highest BCUT2D eigenvalue weighted by Gasteiger charge is 2.26. The van der Waals surface area contributed by atoms with Crippen LogP contribution >= 0.6 is 0 Å². The molecule has 1 aliphatic heterocycles. The summed E-state index contributed by atoms with van der Waals surface area (Å²) in [4.78, 5) is 27.5. The number of aliphatic carboxylic acids is 1. The average molecular weight is 357 g/mol. The zero-order valence-corrected chi connectivity index (χ0v) is 16.4. The summed E-state index contributed by atoms with van der Waals surface area (Å²) in [5.74, 6) is -0.969. The van der Waals surface area contributed by atoms with Crippen LogP contribution in [0.2, 0.25) is 0 Å². The molecule has 1 heterocycles. The molecule has 0 saturated carbocycles. The van der Waals surface area contributed by atoms with E-state index in [9.17, 15) is 9.59 Å². The molecule has 0 aromatic rings. The quantitative estimate of drug-likeness (QED) is 0.687. The maximum atomic E-state index is 12.1. The lowest BCUT2D eigenvalue weighted by Gasteiger charge is -2.32. The van der Waals surface area contributed by atoms with Gasteiger partial charge in [0.25, 0.3) is 0 Å². The molecule has 7 nitrogen and oxygen atoms in total. The van der Waals surface area contributed by atoms with Crippen molar-refractivity contribution in [3.05, 3.63) is 0 Å². The lowest BCUT2D eigenvalue weighted by molar-refractivity contribution is -0.156. The third kappa shape index (κ3) is 10.4. The predicted octanol–water partition coefficient (Wildman–Crippen LogP) is 1.04. The summed E-state index contributed by atoms with van der Waals surface area (Å²) in [6.45, 7) is 15.5. The Labute approximate surface area is 151 Å². The number of nitrogens with zero attached hydrogens (tertiary/aromatic N) is 2. The largest absolute Gasteiger partial charge is 0.481 e. The van der Waals surface area contributed by atoms with E-state index in [4.69, 9.17) is 9.84 Å². The monoisotopic (exact) mass is 357 g/mol. The van der Waals surface area contributed by atoms with Crippen LogP contribution in [0.3, 0.4) is 0 Å². The van der Waals surface area contributed by atoms with E-state index < -0.39 is 11.6 Å². The summed E-state index contributed by atoms with van der Waals surface area (Å²) >= 11 is 0. The van der Waals surface area contributed by atoms with Crippen LogP contribution in [0.5, 0.6) is 0 Å². The first kappa shape index (κ1) is 21.9. The number of nitrogens with one attached hydrogen (secondary N) is 1. The zero-order valence-electron chi connectivity index (χ0n) is 16.4. The van der Waals surface area contributed by atoms with Crippen molar-refractivity contribution in [2.75, 3.05) is 52.4 Å². The number of ether oxygens (including phenoxy) is 1. The van der Waals surface area contributed by atoms with Crippen LogP contribution in [0.4, 0.5) is 0 Å². The summed E-state index contributed by atoms with van der Waals surface area (Å²) in [6, 6.07) is 0. The Kier molecular flexibility index (Phi) is 8.31. The average Bonchev–Trinajstić information content (AvgIpc) is 2.48. The molecule has 0 aromatic carbocycles. The number of hydrogen-bond donors (Lipinski definition) is 2. The molecule has 1 fully saturated rings. The molecular formula is C18H35N3O4. The van der Waals surface area contributed by atoms with Gasteiger partial charge in [-0.05, 0) is 26.2 Å². The van der Waals surface area contributed by atoms with Gasteiger partial charge >= 0.3 is 11.9 Å². The van der Waals surface area contributed by atoms with Crippen molar-refractivity contribution in [3.63, 3.8) is 0 Å². The Morgan fingerprint density at radius 2 is 1.56 bits per heavy atom. The van der Waals surface area contributed by atoms with Crippen molar-refractivity contribution in [2.45, 2.75) is 46.6 Å².